The summed E-state index contributed by atoms with van der Waals surface area (Å²) in [6, 6.07) is 10.7. The quantitative estimate of drug-likeness (QED) is 0.619. The van der Waals surface area contributed by atoms with Gasteiger partial charge in [0.2, 0.25) is 0 Å². The summed E-state index contributed by atoms with van der Waals surface area (Å²) in [7, 11) is 0. The highest BCUT2D eigenvalue weighted by Gasteiger charge is 2.31. The summed E-state index contributed by atoms with van der Waals surface area (Å²) >= 11 is 11.1. The largest absolute Gasteiger partial charge is 0.416 e. The molecular weight excluding hydrogens is 357 g/mol. The highest BCUT2D eigenvalue weighted by molar-refractivity contribution is 7.80. The molecule has 2 aromatic carbocycles. The van der Waals surface area contributed by atoms with Crippen LogP contribution in [0.2, 0.25) is 5.02 Å². The van der Waals surface area contributed by atoms with Crippen LogP contribution in [-0.2, 0) is 6.18 Å². The van der Waals surface area contributed by atoms with Crippen molar-refractivity contribution in [1.82, 2.24) is 0 Å². The van der Waals surface area contributed by atoms with Crippen LogP contribution < -0.4 is 10.6 Å². The van der Waals surface area contributed by atoms with Crippen LogP contribution in [0.25, 0.3) is 0 Å². The van der Waals surface area contributed by atoms with E-state index in [2.05, 4.69) is 24.5 Å². The lowest BCUT2D eigenvalue weighted by molar-refractivity contribution is -0.137. The van der Waals surface area contributed by atoms with Gasteiger partial charge >= 0.3 is 6.18 Å². The Balaban J connectivity index is 2.14. The monoisotopic (exact) mass is 372 g/mol. The molecule has 2 N–H and O–H groups in total. The molecule has 0 unspecified atom stereocenters. The molecule has 0 spiro atoms. The minimum absolute atomic E-state index is 0.101. The van der Waals surface area contributed by atoms with Gasteiger partial charge in [-0.3, -0.25) is 0 Å². The number of hydrogen-bond donors (Lipinski definition) is 2. The van der Waals surface area contributed by atoms with Crippen LogP contribution in [0.5, 0.6) is 0 Å². The SMILES string of the molecule is CC(C)c1cccc(NC(=S)Nc2cc(C(F)(F)F)ccc2Cl)c1. The molecule has 0 saturated heterocycles. The summed E-state index contributed by atoms with van der Waals surface area (Å²) in [5.41, 5.74) is 1.18. The van der Waals surface area contributed by atoms with Crippen LogP contribution in [0.1, 0.15) is 30.9 Å². The average Bonchev–Trinajstić information content (AvgIpc) is 2.48. The maximum Gasteiger partial charge on any atom is 0.416 e. The molecule has 0 aliphatic carbocycles. The van der Waals surface area contributed by atoms with Gasteiger partial charge < -0.3 is 10.6 Å². The lowest BCUT2D eigenvalue weighted by Crippen LogP contribution is -2.20. The topological polar surface area (TPSA) is 24.1 Å². The van der Waals surface area contributed by atoms with E-state index in [1.807, 2.05) is 24.3 Å². The Labute approximate surface area is 149 Å². The van der Waals surface area contributed by atoms with Crippen molar-refractivity contribution in [3.05, 3.63) is 58.6 Å². The van der Waals surface area contributed by atoms with E-state index >= 15 is 0 Å². The predicted octanol–water partition coefficient (Wildman–Crippen LogP) is 6.29. The molecule has 128 valence electrons. The van der Waals surface area contributed by atoms with Gasteiger partial charge in [-0.2, -0.15) is 13.2 Å². The molecule has 0 amide bonds. The van der Waals surface area contributed by atoms with Gasteiger partial charge in [-0.15, -0.1) is 0 Å². The highest BCUT2D eigenvalue weighted by Crippen LogP contribution is 2.33. The van der Waals surface area contributed by atoms with Crippen molar-refractivity contribution in [2.75, 3.05) is 10.6 Å². The lowest BCUT2D eigenvalue weighted by atomic mass is 10.0. The van der Waals surface area contributed by atoms with Crippen LogP contribution in [0.3, 0.4) is 0 Å². The molecule has 0 heterocycles. The Hall–Kier alpha value is -1.79. The molecule has 2 rings (SSSR count). The second-order valence-electron chi connectivity index (χ2n) is 5.55. The van der Waals surface area contributed by atoms with Gasteiger partial charge in [-0.25, -0.2) is 0 Å². The molecule has 0 radical (unpaired) electrons. The van der Waals surface area contributed by atoms with Gasteiger partial charge in [0.15, 0.2) is 5.11 Å². The van der Waals surface area contributed by atoms with E-state index in [4.69, 9.17) is 23.8 Å². The van der Waals surface area contributed by atoms with E-state index in [-0.39, 0.29) is 15.8 Å². The van der Waals surface area contributed by atoms with Crippen LogP contribution >= 0.6 is 23.8 Å². The molecule has 2 nitrogen and oxygen atoms in total. The number of hydrogen-bond acceptors (Lipinski definition) is 1. The fourth-order valence-corrected chi connectivity index (χ4v) is 2.45. The van der Waals surface area contributed by atoms with Gasteiger partial charge in [0.1, 0.15) is 0 Å². The van der Waals surface area contributed by atoms with Crippen LogP contribution in [0, 0.1) is 0 Å². The fourth-order valence-electron chi connectivity index (χ4n) is 2.06. The Morgan fingerprint density at radius 1 is 1.08 bits per heavy atom. The van der Waals surface area contributed by atoms with Crippen LogP contribution in [-0.4, -0.2) is 5.11 Å². The summed E-state index contributed by atoms with van der Waals surface area (Å²) in [5, 5.41) is 5.98. The predicted molar refractivity (Wildman–Crippen MR) is 96.8 cm³/mol. The first kappa shape index (κ1) is 18.5. The first-order chi connectivity index (χ1) is 11.2. The zero-order valence-corrected chi connectivity index (χ0v) is 14.6. The third-order valence-corrected chi connectivity index (χ3v) is 3.89. The number of halogens is 4. The zero-order valence-electron chi connectivity index (χ0n) is 13.0. The number of alkyl halides is 3. The van der Waals surface area contributed by atoms with Gasteiger partial charge in [0.25, 0.3) is 0 Å². The molecule has 0 aliphatic heterocycles. The molecule has 2 aromatic rings. The highest BCUT2D eigenvalue weighted by atomic mass is 35.5. The third kappa shape index (κ3) is 4.85. The van der Waals surface area contributed by atoms with Crippen LogP contribution in [0.15, 0.2) is 42.5 Å². The molecule has 0 aliphatic rings. The molecule has 7 heteroatoms. The zero-order chi connectivity index (χ0) is 17.9. The first-order valence-corrected chi connectivity index (χ1v) is 8.00. The lowest BCUT2D eigenvalue weighted by Gasteiger charge is -2.15. The molecule has 0 fully saturated rings. The molecular formula is C17H16ClF3N2S. The van der Waals surface area contributed by atoms with Crippen molar-refractivity contribution >= 4 is 40.3 Å². The average molecular weight is 373 g/mol. The smallest absolute Gasteiger partial charge is 0.332 e. The second kappa shape index (κ2) is 7.40. The maximum absolute atomic E-state index is 12.8. The van der Waals surface area contributed by atoms with Gasteiger partial charge in [-0.1, -0.05) is 37.6 Å². The van der Waals surface area contributed by atoms with E-state index in [1.54, 1.807) is 0 Å². The van der Waals surface area contributed by atoms with Crippen molar-refractivity contribution in [3.63, 3.8) is 0 Å². The maximum atomic E-state index is 12.8. The first-order valence-electron chi connectivity index (χ1n) is 7.21. The molecule has 0 aromatic heterocycles. The van der Waals surface area contributed by atoms with Crippen LogP contribution in [0.4, 0.5) is 24.5 Å². The van der Waals surface area contributed by atoms with Gasteiger partial charge in [-0.05, 0) is 54.0 Å². The minimum Gasteiger partial charge on any atom is -0.332 e. The Kier molecular flexibility index (Phi) is 5.72. The van der Waals surface area contributed by atoms with Gasteiger partial charge in [0, 0.05) is 5.69 Å². The number of nitrogens with one attached hydrogen (secondary N) is 2. The van der Waals surface area contributed by atoms with E-state index in [9.17, 15) is 13.2 Å². The molecule has 0 atom stereocenters. The second-order valence-corrected chi connectivity index (χ2v) is 6.37. The Morgan fingerprint density at radius 3 is 2.42 bits per heavy atom. The van der Waals surface area contributed by atoms with Crippen molar-refractivity contribution in [1.29, 1.82) is 0 Å². The number of thiocarbonyl (C=S) groups is 1. The van der Waals surface area contributed by atoms with E-state index in [0.29, 0.717) is 5.92 Å². The van der Waals surface area contributed by atoms with Gasteiger partial charge in [0.05, 0.1) is 16.3 Å². The Bertz CT molecular complexity index is 745. The standard InChI is InChI=1S/C17H16ClF3N2S/c1-10(2)11-4-3-5-13(8-11)22-16(24)23-15-9-12(17(19,20)21)6-7-14(15)18/h3-10H,1-2H3,(H2,22,23,24). The van der Waals surface area contributed by atoms with Crippen molar-refractivity contribution < 1.29 is 13.2 Å². The molecule has 0 bridgehead atoms. The van der Waals surface area contributed by atoms with E-state index in [1.165, 1.54) is 6.07 Å². The van der Waals surface area contributed by atoms with Crippen molar-refractivity contribution in [3.8, 4) is 0 Å². The summed E-state index contributed by atoms with van der Waals surface area (Å²) in [4.78, 5) is 0. The summed E-state index contributed by atoms with van der Waals surface area (Å²) in [6.07, 6.45) is -4.44. The third-order valence-electron chi connectivity index (χ3n) is 3.35. The fraction of sp³-hybridized carbons (Fsp3) is 0.235. The molecule has 24 heavy (non-hydrogen) atoms. The number of rotatable bonds is 3. The van der Waals surface area contributed by atoms with Crippen molar-refractivity contribution in [2.45, 2.75) is 25.9 Å². The Morgan fingerprint density at radius 2 is 1.79 bits per heavy atom. The minimum atomic E-state index is -4.44. The van der Waals surface area contributed by atoms with E-state index < -0.39 is 11.7 Å². The summed E-state index contributed by atoms with van der Waals surface area (Å²) < 4.78 is 38.4. The number of benzene rings is 2. The number of anilines is 2. The summed E-state index contributed by atoms with van der Waals surface area (Å²) in [6.45, 7) is 4.14. The summed E-state index contributed by atoms with van der Waals surface area (Å²) in [5.74, 6) is 0.353. The normalized spacial score (nSPS) is 11.5. The van der Waals surface area contributed by atoms with Crippen molar-refractivity contribution in [2.24, 2.45) is 0 Å². The van der Waals surface area contributed by atoms with E-state index in [0.717, 1.165) is 23.4 Å². The molecule has 0 saturated carbocycles.